The van der Waals surface area contributed by atoms with Crippen LogP contribution in [0.15, 0.2) is 18.2 Å². The zero-order chi connectivity index (χ0) is 11.2. The van der Waals surface area contributed by atoms with E-state index in [2.05, 4.69) is 16.0 Å². The Kier molecular flexibility index (Phi) is 2.49. The van der Waals surface area contributed by atoms with Gasteiger partial charge < -0.3 is 0 Å². The number of carbonyl (C=O) groups is 1. The predicted octanol–water partition coefficient (Wildman–Crippen LogP) is 1.61. The first kappa shape index (κ1) is 10.5. The van der Waals surface area contributed by atoms with Gasteiger partial charge >= 0.3 is 97.2 Å². The molecule has 0 radical (unpaired) electrons. The van der Waals surface area contributed by atoms with Gasteiger partial charge in [-0.25, -0.2) is 0 Å². The molecule has 1 atom stereocenters. The van der Waals surface area contributed by atoms with Crippen LogP contribution in [0.1, 0.15) is 24.2 Å². The molecule has 3 nitrogen and oxygen atoms in total. The molecule has 1 aliphatic rings. The molecule has 0 aliphatic carbocycles. The Morgan fingerprint density at radius 1 is 1.47 bits per heavy atom. The van der Waals surface area contributed by atoms with Gasteiger partial charge in [-0.3, -0.25) is 0 Å². The van der Waals surface area contributed by atoms with Crippen LogP contribution >= 0.6 is 0 Å². The van der Waals surface area contributed by atoms with Gasteiger partial charge in [-0.05, 0) is 0 Å². The van der Waals surface area contributed by atoms with Crippen LogP contribution in [0.25, 0.3) is 0 Å². The van der Waals surface area contributed by atoms with Crippen LogP contribution in [-0.2, 0) is 20.8 Å². The number of fused-ring (bicyclic) bond motifs is 1. The fourth-order valence-electron chi connectivity index (χ4n) is 1.89. The molecule has 15 heavy (non-hydrogen) atoms. The van der Waals surface area contributed by atoms with Gasteiger partial charge in [-0.1, -0.05) is 0 Å². The van der Waals surface area contributed by atoms with E-state index in [1.165, 1.54) is 0 Å². The van der Waals surface area contributed by atoms with Crippen molar-refractivity contribution in [3.05, 3.63) is 23.8 Å². The van der Waals surface area contributed by atoms with Crippen LogP contribution in [0.4, 0.5) is 11.4 Å². The third-order valence-electron chi connectivity index (χ3n) is 2.54. The number of carbonyl (C=O) groups excluding carboxylic acids is 1. The maximum atomic E-state index is 11.9. The van der Waals surface area contributed by atoms with Gasteiger partial charge in [-0.15, -0.1) is 0 Å². The summed E-state index contributed by atoms with van der Waals surface area (Å²) in [6.45, 7) is 3.99. The van der Waals surface area contributed by atoms with E-state index >= 15 is 0 Å². The Bertz CT molecular complexity index is 417. The number of nitrogen functional groups attached to an aromatic ring is 1. The van der Waals surface area contributed by atoms with Crippen LogP contribution in [0.5, 0.6) is 0 Å². The number of hydrogen-bond acceptors (Lipinski definition) is 2. The third-order valence-corrected chi connectivity index (χ3v) is 3.16. The summed E-state index contributed by atoms with van der Waals surface area (Å²) in [5.41, 5.74) is 8.27. The number of nitrogens with zero attached hydrogens (tertiary/aromatic N) is 1. The minimum absolute atomic E-state index is 0.0607. The van der Waals surface area contributed by atoms with Crippen molar-refractivity contribution in [2.75, 3.05) is 10.6 Å². The second kappa shape index (κ2) is 3.54. The first-order valence-electron chi connectivity index (χ1n) is 4.87. The third kappa shape index (κ3) is 1.54. The number of hydrogen-bond donors (Lipinski definition) is 1. The van der Waals surface area contributed by atoms with Crippen LogP contribution < -0.4 is 10.6 Å². The summed E-state index contributed by atoms with van der Waals surface area (Å²) in [5, 5.41) is 0. The van der Waals surface area contributed by atoms with E-state index in [9.17, 15) is 4.79 Å². The van der Waals surface area contributed by atoms with Crippen molar-refractivity contribution in [1.29, 1.82) is 0 Å². The molecule has 1 heterocycles. The summed E-state index contributed by atoms with van der Waals surface area (Å²) in [4.78, 5) is 13.4. The standard InChI is InChI=1S/C11H13N2O.Fe/c1-7(2)13-10-4-3-9(12)5-8(10)6-11(13)14;/h3-7H,12H2,1-2H3;. The summed E-state index contributed by atoms with van der Waals surface area (Å²) < 4.78 is 0. The van der Waals surface area contributed by atoms with Gasteiger partial charge in [0.05, 0.1) is 0 Å². The van der Waals surface area contributed by atoms with Gasteiger partial charge in [0.25, 0.3) is 0 Å². The molecule has 1 amide bonds. The van der Waals surface area contributed by atoms with Gasteiger partial charge in [-0.2, -0.15) is 0 Å². The molecule has 1 aromatic rings. The van der Waals surface area contributed by atoms with Crippen molar-refractivity contribution >= 4 is 17.3 Å². The van der Waals surface area contributed by atoms with Crippen molar-refractivity contribution in [2.24, 2.45) is 0 Å². The quantitative estimate of drug-likeness (QED) is 0.603. The molecule has 1 unspecified atom stereocenters. The van der Waals surface area contributed by atoms with Crippen molar-refractivity contribution < 1.29 is 20.8 Å². The Morgan fingerprint density at radius 3 is 2.73 bits per heavy atom. The Morgan fingerprint density at radius 2 is 2.13 bits per heavy atom. The fraction of sp³-hybridized carbons (Fsp3) is 0.364. The zero-order valence-electron chi connectivity index (χ0n) is 8.67. The molecule has 2 N–H and O–H groups in total. The van der Waals surface area contributed by atoms with Crippen LogP contribution in [-0.4, -0.2) is 11.9 Å². The first-order valence-corrected chi connectivity index (χ1v) is 5.51. The summed E-state index contributed by atoms with van der Waals surface area (Å²) in [6.07, 6.45) is 0. The van der Waals surface area contributed by atoms with Crippen molar-refractivity contribution in [2.45, 2.75) is 24.7 Å². The molecule has 0 aromatic heterocycles. The summed E-state index contributed by atoms with van der Waals surface area (Å²) in [5.74, 6) is 0.0607. The average molecular weight is 245 g/mol. The van der Waals surface area contributed by atoms with Crippen LogP contribution in [0.3, 0.4) is 0 Å². The predicted molar refractivity (Wildman–Crippen MR) is 56.2 cm³/mol. The second-order valence-corrected chi connectivity index (χ2v) is 4.61. The molecule has 0 saturated carbocycles. The molecule has 1 aliphatic heterocycles. The van der Waals surface area contributed by atoms with Crippen LogP contribution in [0.2, 0.25) is 0 Å². The maximum absolute atomic E-state index is 11.9. The van der Waals surface area contributed by atoms with Gasteiger partial charge in [0, 0.05) is 0 Å². The monoisotopic (exact) mass is 245 g/mol. The Hall–Kier alpha value is -0.991. The number of anilines is 2. The molecule has 0 fully saturated rings. The molecule has 4 heteroatoms. The van der Waals surface area contributed by atoms with E-state index in [-0.39, 0.29) is 16.8 Å². The number of benzene rings is 1. The number of rotatable bonds is 1. The van der Waals surface area contributed by atoms with Crippen molar-refractivity contribution in [3.63, 3.8) is 0 Å². The second-order valence-electron chi connectivity index (χ2n) is 3.97. The van der Waals surface area contributed by atoms with E-state index in [0.717, 1.165) is 11.3 Å². The number of amides is 1. The van der Waals surface area contributed by atoms with E-state index in [1.54, 1.807) is 4.90 Å². The van der Waals surface area contributed by atoms with Gasteiger partial charge in [0.1, 0.15) is 0 Å². The summed E-state index contributed by atoms with van der Waals surface area (Å²) >= 11 is 3.89. The molecular formula is C11H13FeN2O. The first-order chi connectivity index (χ1) is 7.02. The summed E-state index contributed by atoms with van der Waals surface area (Å²) in [6, 6.07) is 5.72. The van der Waals surface area contributed by atoms with Crippen molar-refractivity contribution in [3.8, 4) is 0 Å². The fourth-order valence-corrected chi connectivity index (χ4v) is 2.30. The number of nitrogens with two attached hydrogens (primary N) is 1. The van der Waals surface area contributed by atoms with Crippen LogP contribution in [0, 0.1) is 0 Å². The van der Waals surface area contributed by atoms with Crippen molar-refractivity contribution in [1.82, 2.24) is 0 Å². The topological polar surface area (TPSA) is 46.3 Å². The molecule has 0 saturated heterocycles. The summed E-state index contributed by atoms with van der Waals surface area (Å²) in [7, 11) is 0. The van der Waals surface area contributed by atoms with Gasteiger partial charge in [0.2, 0.25) is 0 Å². The normalized spacial score (nSPS) is 19.9. The molecule has 2 rings (SSSR count). The Balaban J connectivity index is 2.55. The molecule has 81 valence electrons. The van der Waals surface area contributed by atoms with E-state index in [1.807, 2.05) is 32.0 Å². The molecule has 0 bridgehead atoms. The van der Waals surface area contributed by atoms with Gasteiger partial charge in [0.15, 0.2) is 0 Å². The van der Waals surface area contributed by atoms with E-state index in [0.29, 0.717) is 5.69 Å². The zero-order valence-corrected chi connectivity index (χ0v) is 9.78. The Labute approximate surface area is 97.4 Å². The minimum atomic E-state index is -0.314. The molecule has 0 spiro atoms. The SMILES string of the molecule is CC(C)N1C(=O)[CH]([Fe])c2cc(N)ccc21. The molecule has 1 aromatic carbocycles. The average Bonchev–Trinajstić information content (AvgIpc) is 2.41. The molecular weight excluding hydrogens is 232 g/mol. The van der Waals surface area contributed by atoms with E-state index in [4.69, 9.17) is 5.73 Å². The van der Waals surface area contributed by atoms with E-state index < -0.39 is 0 Å².